The second kappa shape index (κ2) is 4.55. The number of aromatic amines is 1. The van der Waals surface area contributed by atoms with Gasteiger partial charge in [-0.2, -0.15) is 5.10 Å². The van der Waals surface area contributed by atoms with Crippen LogP contribution in [0.3, 0.4) is 0 Å². The van der Waals surface area contributed by atoms with E-state index in [2.05, 4.69) is 10.2 Å². The van der Waals surface area contributed by atoms with Crippen LogP contribution in [0.25, 0.3) is 11.3 Å². The lowest BCUT2D eigenvalue weighted by Gasteiger charge is -2.09. The van der Waals surface area contributed by atoms with Gasteiger partial charge in [-0.3, -0.25) is 5.10 Å². The molecule has 1 heterocycles. The van der Waals surface area contributed by atoms with Crippen LogP contribution >= 0.6 is 23.8 Å². The molecule has 0 saturated carbocycles. The number of rotatable bonds is 1. The fraction of sp³-hybridized carbons (Fsp3) is 0.167. The van der Waals surface area contributed by atoms with Crippen molar-refractivity contribution in [3.8, 4) is 11.3 Å². The Morgan fingerprint density at radius 2 is 2.00 bits per heavy atom. The first-order valence-corrected chi connectivity index (χ1v) is 5.80. The molecule has 0 atom stereocenters. The SMILES string of the molecule is Cc1c(-c2cc(F)ccc2Cl)n[nH]c(=S)c1C. The van der Waals surface area contributed by atoms with Crippen molar-refractivity contribution < 1.29 is 4.39 Å². The zero-order valence-corrected chi connectivity index (χ0v) is 10.9. The van der Waals surface area contributed by atoms with Crippen LogP contribution < -0.4 is 0 Å². The molecule has 0 aliphatic heterocycles. The summed E-state index contributed by atoms with van der Waals surface area (Å²) >= 11 is 11.1. The average molecular weight is 269 g/mol. The number of aromatic nitrogens is 2. The van der Waals surface area contributed by atoms with Crippen molar-refractivity contribution >= 4 is 23.8 Å². The van der Waals surface area contributed by atoms with Crippen LogP contribution in [-0.2, 0) is 0 Å². The topological polar surface area (TPSA) is 28.7 Å². The molecule has 0 radical (unpaired) electrons. The highest BCUT2D eigenvalue weighted by Crippen LogP contribution is 2.30. The summed E-state index contributed by atoms with van der Waals surface area (Å²) in [6.45, 7) is 3.79. The number of benzene rings is 1. The summed E-state index contributed by atoms with van der Waals surface area (Å²) in [4.78, 5) is 0. The molecule has 5 heteroatoms. The van der Waals surface area contributed by atoms with Crippen LogP contribution in [0.2, 0.25) is 5.02 Å². The molecule has 0 saturated heterocycles. The van der Waals surface area contributed by atoms with E-state index in [4.69, 9.17) is 23.8 Å². The highest BCUT2D eigenvalue weighted by atomic mass is 35.5. The largest absolute Gasteiger partial charge is 0.267 e. The molecule has 88 valence electrons. The van der Waals surface area contributed by atoms with Gasteiger partial charge in [0.15, 0.2) is 0 Å². The fourth-order valence-electron chi connectivity index (χ4n) is 1.56. The first kappa shape index (κ1) is 12.2. The summed E-state index contributed by atoms with van der Waals surface area (Å²) in [7, 11) is 0. The Kier molecular flexibility index (Phi) is 3.26. The summed E-state index contributed by atoms with van der Waals surface area (Å²) in [6, 6.07) is 4.21. The van der Waals surface area contributed by atoms with Crippen molar-refractivity contribution in [1.82, 2.24) is 10.2 Å². The second-order valence-electron chi connectivity index (χ2n) is 3.78. The highest BCUT2D eigenvalue weighted by molar-refractivity contribution is 7.71. The van der Waals surface area contributed by atoms with Crippen LogP contribution in [0.4, 0.5) is 4.39 Å². The third kappa shape index (κ3) is 2.23. The van der Waals surface area contributed by atoms with E-state index in [9.17, 15) is 4.39 Å². The smallest absolute Gasteiger partial charge is 0.123 e. The van der Waals surface area contributed by atoms with E-state index >= 15 is 0 Å². The van der Waals surface area contributed by atoms with E-state index in [-0.39, 0.29) is 5.82 Å². The maximum absolute atomic E-state index is 13.2. The maximum atomic E-state index is 13.2. The standard InChI is InChI=1S/C12H10ClFN2S/c1-6-7(2)12(17)16-15-11(6)9-5-8(14)3-4-10(9)13/h3-5H,1-2H3,(H,16,17). The molecule has 2 aromatic rings. The summed E-state index contributed by atoms with van der Waals surface area (Å²) in [5.74, 6) is -0.342. The van der Waals surface area contributed by atoms with Crippen LogP contribution in [-0.4, -0.2) is 10.2 Å². The van der Waals surface area contributed by atoms with Crippen molar-refractivity contribution in [2.24, 2.45) is 0 Å². The summed E-state index contributed by atoms with van der Waals surface area (Å²) in [6.07, 6.45) is 0. The summed E-state index contributed by atoms with van der Waals surface area (Å²) in [5.41, 5.74) is 3.02. The van der Waals surface area contributed by atoms with Crippen LogP contribution in [0.15, 0.2) is 18.2 Å². The van der Waals surface area contributed by atoms with Gasteiger partial charge >= 0.3 is 0 Å². The minimum absolute atomic E-state index is 0.342. The molecule has 0 fully saturated rings. The number of nitrogens with one attached hydrogen (secondary N) is 1. The number of halogens is 2. The molecule has 0 amide bonds. The molecule has 1 aromatic carbocycles. The first-order chi connectivity index (χ1) is 8.00. The molecule has 1 N–H and O–H groups in total. The molecule has 0 aliphatic carbocycles. The lowest BCUT2D eigenvalue weighted by atomic mass is 10.0. The van der Waals surface area contributed by atoms with E-state index in [0.29, 0.717) is 20.9 Å². The van der Waals surface area contributed by atoms with Gasteiger partial charge in [-0.1, -0.05) is 23.8 Å². The molecule has 1 aromatic heterocycles. The number of hydrogen-bond acceptors (Lipinski definition) is 2. The molecule has 2 nitrogen and oxygen atoms in total. The molecule has 17 heavy (non-hydrogen) atoms. The Bertz CT molecular complexity index is 637. The first-order valence-electron chi connectivity index (χ1n) is 5.02. The molecule has 0 spiro atoms. The fourth-order valence-corrected chi connectivity index (χ4v) is 1.97. The van der Waals surface area contributed by atoms with Gasteiger partial charge < -0.3 is 0 Å². The Hall–Kier alpha value is -1.26. The highest BCUT2D eigenvalue weighted by Gasteiger charge is 2.11. The number of hydrogen-bond donors (Lipinski definition) is 1. The lowest BCUT2D eigenvalue weighted by Crippen LogP contribution is -1.97. The lowest BCUT2D eigenvalue weighted by molar-refractivity contribution is 0.628. The zero-order chi connectivity index (χ0) is 12.6. The van der Waals surface area contributed by atoms with Crippen molar-refractivity contribution in [2.75, 3.05) is 0 Å². The van der Waals surface area contributed by atoms with Gasteiger partial charge in [0.2, 0.25) is 0 Å². The third-order valence-corrected chi connectivity index (χ3v) is 3.44. The van der Waals surface area contributed by atoms with E-state index in [1.807, 2.05) is 13.8 Å². The predicted octanol–water partition coefficient (Wildman–Crippen LogP) is 4.22. The van der Waals surface area contributed by atoms with Gasteiger partial charge in [0, 0.05) is 5.56 Å². The van der Waals surface area contributed by atoms with E-state index in [1.165, 1.54) is 18.2 Å². The third-order valence-electron chi connectivity index (χ3n) is 2.71. The number of H-pyrrole nitrogens is 1. The van der Waals surface area contributed by atoms with Gasteiger partial charge in [-0.15, -0.1) is 0 Å². The zero-order valence-electron chi connectivity index (χ0n) is 9.34. The van der Waals surface area contributed by atoms with Crippen LogP contribution in [0.1, 0.15) is 11.1 Å². The Labute approximate surface area is 108 Å². The van der Waals surface area contributed by atoms with Crippen molar-refractivity contribution in [2.45, 2.75) is 13.8 Å². The minimum atomic E-state index is -0.342. The Balaban J connectivity index is 2.73. The van der Waals surface area contributed by atoms with Gasteiger partial charge in [0.25, 0.3) is 0 Å². The van der Waals surface area contributed by atoms with E-state index < -0.39 is 0 Å². The Morgan fingerprint density at radius 1 is 1.29 bits per heavy atom. The Morgan fingerprint density at radius 3 is 2.71 bits per heavy atom. The van der Waals surface area contributed by atoms with Gasteiger partial charge in [0.05, 0.1) is 10.7 Å². The van der Waals surface area contributed by atoms with Crippen molar-refractivity contribution in [3.63, 3.8) is 0 Å². The van der Waals surface area contributed by atoms with E-state index in [1.54, 1.807) is 0 Å². The molecular formula is C12H10ClFN2S. The maximum Gasteiger partial charge on any atom is 0.123 e. The average Bonchev–Trinajstić information content (AvgIpc) is 2.30. The predicted molar refractivity (Wildman–Crippen MR) is 69.3 cm³/mol. The molecule has 0 bridgehead atoms. The van der Waals surface area contributed by atoms with Crippen LogP contribution in [0.5, 0.6) is 0 Å². The van der Waals surface area contributed by atoms with E-state index in [0.717, 1.165) is 11.1 Å². The van der Waals surface area contributed by atoms with Crippen molar-refractivity contribution in [3.05, 3.63) is 44.8 Å². The van der Waals surface area contributed by atoms with Crippen LogP contribution in [0, 0.1) is 24.3 Å². The molecule has 2 rings (SSSR count). The molecule has 0 unspecified atom stereocenters. The molecule has 0 aliphatic rings. The second-order valence-corrected chi connectivity index (χ2v) is 4.59. The monoisotopic (exact) mass is 268 g/mol. The van der Waals surface area contributed by atoms with Crippen molar-refractivity contribution in [1.29, 1.82) is 0 Å². The summed E-state index contributed by atoms with van der Waals surface area (Å²) < 4.78 is 13.8. The summed E-state index contributed by atoms with van der Waals surface area (Å²) in [5, 5.41) is 7.33. The number of nitrogens with zero attached hydrogens (tertiary/aromatic N) is 1. The normalized spacial score (nSPS) is 10.6. The van der Waals surface area contributed by atoms with Gasteiger partial charge in [-0.25, -0.2) is 4.39 Å². The van der Waals surface area contributed by atoms with Gasteiger partial charge in [0.1, 0.15) is 10.5 Å². The van der Waals surface area contributed by atoms with Gasteiger partial charge in [-0.05, 0) is 43.2 Å². The quantitative estimate of drug-likeness (QED) is 0.785. The molecular weight excluding hydrogens is 259 g/mol. The minimum Gasteiger partial charge on any atom is -0.267 e.